The number of anilines is 1. The van der Waals surface area contributed by atoms with E-state index in [0.717, 1.165) is 0 Å². The summed E-state index contributed by atoms with van der Waals surface area (Å²) in [6, 6.07) is 9.23. The number of rotatable bonds is 4. The van der Waals surface area contributed by atoms with Gasteiger partial charge < -0.3 is 19.2 Å². The number of ether oxygens (including phenoxy) is 2. The third kappa shape index (κ3) is 3.47. The molecule has 26 heavy (non-hydrogen) atoms. The molecule has 0 aliphatic rings. The molecule has 6 nitrogen and oxygen atoms in total. The maximum Gasteiger partial charge on any atom is 0.349 e. The molecule has 2 aromatic carbocycles. The lowest BCUT2D eigenvalue weighted by Gasteiger charge is -2.10. The van der Waals surface area contributed by atoms with Gasteiger partial charge in [-0.1, -0.05) is 23.2 Å². The standard InChI is InChI=1S/C18H13Cl2NO5/c1-24-14-4-3-11(8-15(14)25-2)21-17(22)12-6-9-5-10(19)7-13(20)16(9)26-18(12)23/h3-8H,1-2H3,(H,21,22). The second-order valence-corrected chi connectivity index (χ2v) is 6.12. The highest BCUT2D eigenvalue weighted by Crippen LogP contribution is 2.30. The van der Waals surface area contributed by atoms with Crippen LogP contribution in [-0.2, 0) is 0 Å². The maximum absolute atomic E-state index is 12.5. The first kappa shape index (κ1) is 18.1. The van der Waals surface area contributed by atoms with Gasteiger partial charge >= 0.3 is 5.63 Å². The summed E-state index contributed by atoms with van der Waals surface area (Å²) in [6.07, 6.45) is 0. The monoisotopic (exact) mass is 393 g/mol. The van der Waals surface area contributed by atoms with Gasteiger partial charge in [0, 0.05) is 22.2 Å². The van der Waals surface area contributed by atoms with Crippen LogP contribution >= 0.6 is 23.2 Å². The van der Waals surface area contributed by atoms with Crippen LogP contribution in [0.4, 0.5) is 5.69 Å². The predicted molar refractivity (Wildman–Crippen MR) is 100 cm³/mol. The minimum atomic E-state index is -0.806. The van der Waals surface area contributed by atoms with Crippen LogP contribution in [0.15, 0.2) is 45.6 Å². The molecule has 0 spiro atoms. The lowest BCUT2D eigenvalue weighted by atomic mass is 10.1. The summed E-state index contributed by atoms with van der Waals surface area (Å²) < 4.78 is 15.5. The van der Waals surface area contributed by atoms with E-state index in [1.54, 1.807) is 24.3 Å². The highest BCUT2D eigenvalue weighted by molar-refractivity contribution is 6.38. The van der Waals surface area contributed by atoms with Gasteiger partial charge in [0.1, 0.15) is 5.56 Å². The molecule has 134 valence electrons. The second-order valence-electron chi connectivity index (χ2n) is 5.28. The van der Waals surface area contributed by atoms with E-state index in [9.17, 15) is 9.59 Å². The van der Waals surface area contributed by atoms with Crippen molar-refractivity contribution >= 4 is 45.8 Å². The molecule has 1 N–H and O–H groups in total. The van der Waals surface area contributed by atoms with Crippen molar-refractivity contribution in [2.75, 3.05) is 19.5 Å². The van der Waals surface area contributed by atoms with Crippen LogP contribution in [0.5, 0.6) is 11.5 Å². The second kappa shape index (κ2) is 7.27. The van der Waals surface area contributed by atoms with E-state index in [1.165, 1.54) is 26.4 Å². The van der Waals surface area contributed by atoms with Gasteiger partial charge in [0.2, 0.25) is 0 Å². The summed E-state index contributed by atoms with van der Waals surface area (Å²) >= 11 is 12.0. The predicted octanol–water partition coefficient (Wildman–Crippen LogP) is 4.37. The van der Waals surface area contributed by atoms with Gasteiger partial charge in [0.05, 0.1) is 19.2 Å². The number of carbonyl (C=O) groups excluding carboxylic acids is 1. The van der Waals surface area contributed by atoms with Crippen LogP contribution in [0.3, 0.4) is 0 Å². The Labute approximate surface area is 158 Å². The summed E-state index contributed by atoms with van der Waals surface area (Å²) in [6.45, 7) is 0. The van der Waals surface area contributed by atoms with Crippen LogP contribution < -0.4 is 20.4 Å². The van der Waals surface area contributed by atoms with Crippen molar-refractivity contribution < 1.29 is 18.7 Å². The zero-order chi connectivity index (χ0) is 18.8. The van der Waals surface area contributed by atoms with Crippen molar-refractivity contribution in [1.29, 1.82) is 0 Å². The molecular weight excluding hydrogens is 381 g/mol. The van der Waals surface area contributed by atoms with Gasteiger partial charge in [-0.2, -0.15) is 0 Å². The molecule has 0 aliphatic carbocycles. The maximum atomic E-state index is 12.5. The Morgan fingerprint density at radius 2 is 1.77 bits per heavy atom. The highest BCUT2D eigenvalue weighted by Gasteiger charge is 2.16. The summed E-state index contributed by atoms with van der Waals surface area (Å²) in [4.78, 5) is 24.7. The number of benzene rings is 2. The van der Waals surface area contributed by atoms with Crippen LogP contribution in [0.2, 0.25) is 10.0 Å². The summed E-state index contributed by atoms with van der Waals surface area (Å²) in [5.74, 6) is 0.318. The van der Waals surface area contributed by atoms with Gasteiger partial charge in [-0.05, 0) is 30.3 Å². The fraction of sp³-hybridized carbons (Fsp3) is 0.111. The molecule has 3 aromatic rings. The van der Waals surface area contributed by atoms with Crippen molar-refractivity contribution in [2.45, 2.75) is 0 Å². The van der Waals surface area contributed by atoms with E-state index < -0.39 is 11.5 Å². The number of fused-ring (bicyclic) bond motifs is 1. The van der Waals surface area contributed by atoms with Crippen molar-refractivity contribution in [3.8, 4) is 11.5 Å². The number of amides is 1. The molecule has 0 aliphatic heterocycles. The quantitative estimate of drug-likeness (QED) is 0.665. The molecule has 8 heteroatoms. The van der Waals surface area contributed by atoms with Crippen LogP contribution in [0.25, 0.3) is 11.0 Å². The third-order valence-corrected chi connectivity index (χ3v) is 4.14. The molecule has 1 aromatic heterocycles. The Bertz CT molecular complexity index is 1060. The Balaban J connectivity index is 1.98. The zero-order valence-corrected chi connectivity index (χ0v) is 15.3. The zero-order valence-electron chi connectivity index (χ0n) is 13.8. The average molecular weight is 394 g/mol. The van der Waals surface area contributed by atoms with E-state index in [1.807, 2.05) is 0 Å². The van der Waals surface area contributed by atoms with E-state index >= 15 is 0 Å². The minimum absolute atomic E-state index is 0.170. The highest BCUT2D eigenvalue weighted by atomic mass is 35.5. The Morgan fingerprint density at radius 3 is 2.46 bits per heavy atom. The number of halogens is 2. The third-order valence-electron chi connectivity index (χ3n) is 3.64. The lowest BCUT2D eigenvalue weighted by molar-refractivity contribution is 0.102. The largest absolute Gasteiger partial charge is 0.493 e. The van der Waals surface area contributed by atoms with E-state index in [0.29, 0.717) is 27.6 Å². The smallest absolute Gasteiger partial charge is 0.349 e. The van der Waals surface area contributed by atoms with Crippen LogP contribution in [-0.4, -0.2) is 20.1 Å². The van der Waals surface area contributed by atoms with Crippen molar-refractivity contribution in [2.24, 2.45) is 0 Å². The molecule has 1 heterocycles. The molecule has 1 amide bonds. The first-order valence-electron chi connectivity index (χ1n) is 7.39. The van der Waals surface area contributed by atoms with Gasteiger partial charge in [0.15, 0.2) is 17.1 Å². The van der Waals surface area contributed by atoms with Crippen molar-refractivity contribution in [3.63, 3.8) is 0 Å². The van der Waals surface area contributed by atoms with E-state index in [4.69, 9.17) is 37.1 Å². The first-order valence-corrected chi connectivity index (χ1v) is 8.15. The number of hydrogen-bond acceptors (Lipinski definition) is 5. The Kier molecular flexibility index (Phi) is 5.06. The molecule has 0 fully saturated rings. The van der Waals surface area contributed by atoms with Crippen LogP contribution in [0.1, 0.15) is 10.4 Å². The molecule has 0 unspecified atom stereocenters. The normalized spacial score (nSPS) is 10.6. The van der Waals surface area contributed by atoms with Crippen molar-refractivity contribution in [3.05, 3.63) is 62.4 Å². The summed E-state index contributed by atoms with van der Waals surface area (Å²) in [5.41, 5.74) is -0.384. The Hall–Kier alpha value is -2.70. The van der Waals surface area contributed by atoms with Gasteiger partial charge in [-0.3, -0.25) is 4.79 Å². The van der Waals surface area contributed by atoms with Gasteiger partial charge in [-0.15, -0.1) is 0 Å². The summed E-state index contributed by atoms with van der Waals surface area (Å²) in [5, 5.41) is 3.62. The van der Waals surface area contributed by atoms with Gasteiger partial charge in [0.25, 0.3) is 5.91 Å². The van der Waals surface area contributed by atoms with E-state index in [2.05, 4.69) is 5.32 Å². The number of hydrogen-bond donors (Lipinski definition) is 1. The topological polar surface area (TPSA) is 77.8 Å². The Morgan fingerprint density at radius 1 is 1.04 bits per heavy atom. The SMILES string of the molecule is COc1ccc(NC(=O)c2cc3cc(Cl)cc(Cl)c3oc2=O)cc1OC. The number of nitrogens with one attached hydrogen (secondary N) is 1. The van der Waals surface area contributed by atoms with E-state index in [-0.39, 0.29) is 16.2 Å². The van der Waals surface area contributed by atoms with Crippen molar-refractivity contribution in [1.82, 2.24) is 0 Å². The molecule has 3 rings (SSSR count). The lowest BCUT2D eigenvalue weighted by Crippen LogP contribution is -2.20. The molecule has 0 saturated carbocycles. The molecular formula is C18H13Cl2NO5. The number of methoxy groups -OCH3 is 2. The van der Waals surface area contributed by atoms with Crippen LogP contribution in [0, 0.1) is 0 Å². The first-order chi connectivity index (χ1) is 12.4. The molecule has 0 bridgehead atoms. The molecule has 0 atom stereocenters. The molecule has 0 saturated heterocycles. The molecule has 0 radical (unpaired) electrons. The summed E-state index contributed by atoms with van der Waals surface area (Å²) in [7, 11) is 2.99. The average Bonchev–Trinajstić information content (AvgIpc) is 2.61. The number of carbonyl (C=O) groups is 1. The fourth-order valence-electron chi connectivity index (χ4n) is 2.43. The van der Waals surface area contributed by atoms with Gasteiger partial charge in [-0.25, -0.2) is 4.79 Å². The minimum Gasteiger partial charge on any atom is -0.493 e. The fourth-order valence-corrected chi connectivity index (χ4v) is 2.98.